The highest BCUT2D eigenvalue weighted by molar-refractivity contribution is 9.10. The highest BCUT2D eigenvalue weighted by Crippen LogP contribution is 2.33. The predicted molar refractivity (Wildman–Crippen MR) is 80.9 cm³/mol. The predicted octanol–water partition coefficient (Wildman–Crippen LogP) is 3.98. The minimum atomic E-state index is -2.91. The van der Waals surface area contributed by atoms with Crippen LogP contribution in [0.2, 0.25) is 0 Å². The molecule has 7 heteroatoms. The van der Waals surface area contributed by atoms with Gasteiger partial charge in [-0.3, -0.25) is 4.98 Å². The maximum atomic E-state index is 12.8. The van der Waals surface area contributed by atoms with Gasteiger partial charge in [0.2, 0.25) is 0 Å². The average Bonchev–Trinajstić information content (AvgIpc) is 2.50. The SMILES string of the molecule is FC(F)Oc1c(Cc2cncnc2)cnc2ccc(Br)cc12. The quantitative estimate of drug-likeness (QED) is 0.701. The average molecular weight is 366 g/mol. The first-order chi connectivity index (χ1) is 10.6. The van der Waals surface area contributed by atoms with Gasteiger partial charge >= 0.3 is 6.61 Å². The molecule has 2 aromatic heterocycles. The Bertz CT molecular complexity index is 799. The Morgan fingerprint density at radius 2 is 1.91 bits per heavy atom. The smallest absolute Gasteiger partial charge is 0.387 e. The molecule has 3 rings (SSSR count). The van der Waals surface area contributed by atoms with Crippen LogP contribution in [0.3, 0.4) is 0 Å². The number of nitrogens with zero attached hydrogens (tertiary/aromatic N) is 3. The van der Waals surface area contributed by atoms with Crippen LogP contribution in [-0.2, 0) is 6.42 Å². The number of aromatic nitrogens is 3. The summed E-state index contributed by atoms with van der Waals surface area (Å²) in [5.74, 6) is 0.130. The summed E-state index contributed by atoms with van der Waals surface area (Å²) in [6.45, 7) is -2.91. The molecule has 112 valence electrons. The number of halogens is 3. The molecule has 0 spiro atoms. The summed E-state index contributed by atoms with van der Waals surface area (Å²) in [7, 11) is 0. The van der Waals surface area contributed by atoms with Crippen molar-refractivity contribution in [3.05, 3.63) is 58.7 Å². The largest absolute Gasteiger partial charge is 0.434 e. The summed E-state index contributed by atoms with van der Waals surface area (Å²) >= 11 is 3.33. The fraction of sp³-hybridized carbons (Fsp3) is 0.133. The number of ether oxygens (including phenoxy) is 1. The van der Waals surface area contributed by atoms with Gasteiger partial charge in [0.15, 0.2) is 0 Å². The van der Waals surface area contributed by atoms with Crippen molar-refractivity contribution in [3.8, 4) is 5.75 Å². The maximum absolute atomic E-state index is 12.8. The third-order valence-electron chi connectivity index (χ3n) is 3.07. The minimum Gasteiger partial charge on any atom is -0.434 e. The Balaban J connectivity index is 2.12. The van der Waals surface area contributed by atoms with Crippen LogP contribution in [0.15, 0.2) is 47.6 Å². The summed E-state index contributed by atoms with van der Waals surface area (Å²) in [5.41, 5.74) is 1.94. The topological polar surface area (TPSA) is 47.9 Å². The summed E-state index contributed by atoms with van der Waals surface area (Å²) in [6.07, 6.45) is 6.57. The molecule has 22 heavy (non-hydrogen) atoms. The number of rotatable bonds is 4. The van der Waals surface area contributed by atoms with Gasteiger partial charge in [0.25, 0.3) is 0 Å². The second kappa shape index (κ2) is 6.31. The lowest BCUT2D eigenvalue weighted by molar-refractivity contribution is -0.0493. The van der Waals surface area contributed by atoms with Crippen LogP contribution in [0.5, 0.6) is 5.75 Å². The molecule has 0 radical (unpaired) electrons. The molecule has 0 fully saturated rings. The van der Waals surface area contributed by atoms with Crippen LogP contribution in [0.1, 0.15) is 11.1 Å². The van der Waals surface area contributed by atoms with E-state index in [1.54, 1.807) is 36.8 Å². The van der Waals surface area contributed by atoms with E-state index in [-0.39, 0.29) is 5.75 Å². The molecule has 0 aliphatic heterocycles. The Kier molecular flexibility index (Phi) is 4.24. The van der Waals surface area contributed by atoms with Gasteiger partial charge in [0.1, 0.15) is 12.1 Å². The standard InChI is InChI=1S/C15H10BrF2N3O/c16-11-1-2-13-12(4-11)14(22-15(17)18)10(7-21-13)3-9-5-19-8-20-6-9/h1-2,4-8,15H,3H2. The minimum absolute atomic E-state index is 0.130. The van der Waals surface area contributed by atoms with Crippen molar-refractivity contribution in [2.24, 2.45) is 0 Å². The Labute approximate surface area is 133 Å². The maximum Gasteiger partial charge on any atom is 0.387 e. The van der Waals surface area contributed by atoms with Gasteiger partial charge < -0.3 is 4.74 Å². The van der Waals surface area contributed by atoms with Crippen molar-refractivity contribution in [3.63, 3.8) is 0 Å². The number of hydrogen-bond donors (Lipinski definition) is 0. The Morgan fingerprint density at radius 1 is 1.14 bits per heavy atom. The van der Waals surface area contributed by atoms with E-state index in [4.69, 9.17) is 4.74 Å². The highest BCUT2D eigenvalue weighted by Gasteiger charge is 2.15. The molecule has 2 heterocycles. The van der Waals surface area contributed by atoms with Crippen LogP contribution in [0.4, 0.5) is 8.78 Å². The number of benzene rings is 1. The van der Waals surface area contributed by atoms with Crippen LogP contribution in [0.25, 0.3) is 10.9 Å². The molecule has 0 unspecified atom stereocenters. The van der Waals surface area contributed by atoms with E-state index in [9.17, 15) is 8.78 Å². The van der Waals surface area contributed by atoms with Crippen LogP contribution in [-0.4, -0.2) is 21.6 Å². The van der Waals surface area contributed by atoms with Gasteiger partial charge in [-0.05, 0) is 23.8 Å². The van der Waals surface area contributed by atoms with Gasteiger partial charge in [-0.15, -0.1) is 0 Å². The zero-order valence-corrected chi connectivity index (χ0v) is 12.8. The fourth-order valence-electron chi connectivity index (χ4n) is 2.18. The normalized spacial score (nSPS) is 11.1. The van der Waals surface area contributed by atoms with Crippen molar-refractivity contribution in [2.75, 3.05) is 0 Å². The van der Waals surface area contributed by atoms with E-state index in [0.29, 0.717) is 22.9 Å². The molecule has 0 saturated heterocycles. The number of fused-ring (bicyclic) bond motifs is 1. The summed E-state index contributed by atoms with van der Waals surface area (Å²) in [5, 5.41) is 0.532. The molecule has 0 aliphatic carbocycles. The zero-order valence-electron chi connectivity index (χ0n) is 11.2. The van der Waals surface area contributed by atoms with Crippen molar-refractivity contribution >= 4 is 26.8 Å². The summed E-state index contributed by atoms with van der Waals surface area (Å²) < 4.78 is 31.1. The molecule has 4 nitrogen and oxygen atoms in total. The van der Waals surface area contributed by atoms with E-state index in [0.717, 1.165) is 10.0 Å². The first kappa shape index (κ1) is 14.8. The van der Waals surface area contributed by atoms with Crippen molar-refractivity contribution in [2.45, 2.75) is 13.0 Å². The molecular formula is C15H10BrF2N3O. The molecular weight excluding hydrogens is 356 g/mol. The van der Waals surface area contributed by atoms with Crippen LogP contribution in [0, 0.1) is 0 Å². The lowest BCUT2D eigenvalue weighted by atomic mass is 10.1. The third kappa shape index (κ3) is 3.19. The molecule has 3 aromatic rings. The molecule has 0 N–H and O–H groups in total. The molecule has 0 bridgehead atoms. The number of alkyl halides is 2. The summed E-state index contributed by atoms with van der Waals surface area (Å²) in [6, 6.07) is 5.25. The van der Waals surface area contributed by atoms with Crippen molar-refractivity contribution < 1.29 is 13.5 Å². The summed E-state index contributed by atoms with van der Waals surface area (Å²) in [4.78, 5) is 12.1. The van der Waals surface area contributed by atoms with Gasteiger partial charge in [0.05, 0.1) is 5.52 Å². The number of hydrogen-bond acceptors (Lipinski definition) is 4. The molecule has 1 aromatic carbocycles. The first-order valence-electron chi connectivity index (χ1n) is 6.39. The van der Waals surface area contributed by atoms with Crippen LogP contribution >= 0.6 is 15.9 Å². The first-order valence-corrected chi connectivity index (χ1v) is 7.18. The lowest BCUT2D eigenvalue weighted by Gasteiger charge is -2.13. The molecule has 0 atom stereocenters. The van der Waals surface area contributed by atoms with E-state index in [2.05, 4.69) is 30.9 Å². The second-order valence-electron chi connectivity index (χ2n) is 4.58. The monoisotopic (exact) mass is 365 g/mol. The Hall–Kier alpha value is -2.15. The van der Waals surface area contributed by atoms with Crippen LogP contribution < -0.4 is 4.74 Å². The van der Waals surface area contributed by atoms with Gasteiger partial charge in [-0.2, -0.15) is 8.78 Å². The van der Waals surface area contributed by atoms with E-state index in [1.807, 2.05) is 0 Å². The highest BCUT2D eigenvalue weighted by atomic mass is 79.9. The Morgan fingerprint density at radius 3 is 2.64 bits per heavy atom. The molecule has 0 aliphatic rings. The second-order valence-corrected chi connectivity index (χ2v) is 5.49. The van der Waals surface area contributed by atoms with E-state index in [1.165, 1.54) is 6.33 Å². The third-order valence-corrected chi connectivity index (χ3v) is 3.56. The lowest BCUT2D eigenvalue weighted by Crippen LogP contribution is -2.06. The van der Waals surface area contributed by atoms with Gasteiger partial charge in [-0.1, -0.05) is 15.9 Å². The fourth-order valence-corrected chi connectivity index (χ4v) is 2.54. The zero-order chi connectivity index (χ0) is 15.5. The van der Waals surface area contributed by atoms with Crippen molar-refractivity contribution in [1.29, 1.82) is 0 Å². The molecule has 0 amide bonds. The van der Waals surface area contributed by atoms with E-state index < -0.39 is 6.61 Å². The van der Waals surface area contributed by atoms with Gasteiger partial charge in [-0.25, -0.2) is 9.97 Å². The van der Waals surface area contributed by atoms with Gasteiger partial charge in [0, 0.05) is 40.4 Å². The molecule has 0 saturated carbocycles. The number of pyridine rings is 1. The van der Waals surface area contributed by atoms with E-state index >= 15 is 0 Å². The van der Waals surface area contributed by atoms with Crippen molar-refractivity contribution in [1.82, 2.24) is 15.0 Å².